The zero-order chi connectivity index (χ0) is 31.8. The van der Waals surface area contributed by atoms with E-state index in [0.29, 0.717) is 43.3 Å². The van der Waals surface area contributed by atoms with Crippen molar-refractivity contribution >= 4 is 17.5 Å². The highest BCUT2D eigenvalue weighted by Crippen LogP contribution is 2.34. The number of aryl methyl sites for hydroxylation is 2. The number of fused-ring (bicyclic) bond motifs is 1. The van der Waals surface area contributed by atoms with E-state index in [4.69, 9.17) is 9.47 Å². The van der Waals surface area contributed by atoms with Crippen molar-refractivity contribution in [1.82, 2.24) is 24.5 Å². The smallest absolute Gasteiger partial charge is 0.410 e. The van der Waals surface area contributed by atoms with Gasteiger partial charge >= 0.3 is 6.09 Å². The zero-order valence-electron chi connectivity index (χ0n) is 27.2. The van der Waals surface area contributed by atoms with Gasteiger partial charge in [0.1, 0.15) is 5.60 Å². The lowest BCUT2D eigenvalue weighted by molar-refractivity contribution is 0.0187. The molecule has 2 aliphatic heterocycles. The molecule has 0 bridgehead atoms. The minimum absolute atomic E-state index is 0.0607. The van der Waals surface area contributed by atoms with Gasteiger partial charge in [0.25, 0.3) is 11.5 Å². The van der Waals surface area contributed by atoms with E-state index in [1.165, 1.54) is 5.56 Å². The molecule has 3 aromatic rings. The Morgan fingerprint density at radius 3 is 2.39 bits per heavy atom. The van der Waals surface area contributed by atoms with Crippen LogP contribution in [0.15, 0.2) is 29.2 Å². The van der Waals surface area contributed by atoms with Crippen molar-refractivity contribution in [3.8, 4) is 0 Å². The number of amides is 2. The number of pyridine rings is 2. The molecule has 2 amide bonds. The van der Waals surface area contributed by atoms with Crippen molar-refractivity contribution < 1.29 is 19.1 Å². The van der Waals surface area contributed by atoms with E-state index in [-0.39, 0.29) is 30.1 Å². The normalized spacial score (nSPS) is 17.6. The van der Waals surface area contributed by atoms with Gasteiger partial charge in [0.2, 0.25) is 0 Å². The maximum absolute atomic E-state index is 13.7. The van der Waals surface area contributed by atoms with Crippen LogP contribution < -0.4 is 10.9 Å². The standard InChI is InChI=1S/C34H47N5O5/c1-21-16-22(2)36-32(41)29(21)19-35-31(40)28-18-27-17-26(25-8-10-38(11-9-25)33(42)44-34(5,6)7)20-39(27)30(23(28)3)24(4)37-12-14-43-15-13-37/h16-18,20,24-25H,8-15,19H2,1-7H3,(H,35,40)(H,36,41). The second kappa shape index (κ2) is 12.8. The Balaban J connectivity index is 1.44. The molecular weight excluding hydrogens is 558 g/mol. The van der Waals surface area contributed by atoms with Crippen LogP contribution in [-0.4, -0.2) is 76.2 Å². The average Bonchev–Trinajstić information content (AvgIpc) is 3.39. The van der Waals surface area contributed by atoms with Crippen LogP contribution in [0.25, 0.3) is 5.52 Å². The fourth-order valence-corrected chi connectivity index (χ4v) is 6.59. The molecule has 10 heteroatoms. The minimum atomic E-state index is -0.516. The SMILES string of the molecule is Cc1cc(C)c(CNC(=O)c2cc3cc(C4CCN(C(=O)OC(C)(C)C)CC4)cn3c(C(C)N3CCOCC3)c2C)c(=O)[nH]1. The number of H-pyrrole nitrogens is 1. The lowest BCUT2D eigenvalue weighted by atomic mass is 9.91. The number of ether oxygens (including phenoxy) is 2. The van der Waals surface area contributed by atoms with E-state index in [2.05, 4.69) is 38.8 Å². The Kier molecular flexibility index (Phi) is 9.23. The number of carbonyl (C=O) groups excluding carboxylic acids is 2. The molecule has 44 heavy (non-hydrogen) atoms. The molecule has 2 aliphatic rings. The number of aromatic nitrogens is 2. The molecule has 2 fully saturated rings. The predicted molar refractivity (Wildman–Crippen MR) is 170 cm³/mol. The van der Waals surface area contributed by atoms with Gasteiger partial charge in [-0.05, 0) is 102 Å². The molecule has 5 heterocycles. The van der Waals surface area contributed by atoms with Crippen molar-refractivity contribution in [3.05, 3.63) is 74.0 Å². The van der Waals surface area contributed by atoms with Crippen LogP contribution in [0.4, 0.5) is 4.79 Å². The number of aromatic amines is 1. The summed E-state index contributed by atoms with van der Waals surface area (Å²) in [7, 11) is 0. The Morgan fingerprint density at radius 2 is 1.75 bits per heavy atom. The maximum atomic E-state index is 13.7. The fourth-order valence-electron chi connectivity index (χ4n) is 6.59. The lowest BCUT2D eigenvalue weighted by Crippen LogP contribution is -2.41. The van der Waals surface area contributed by atoms with Crippen molar-refractivity contribution in [3.63, 3.8) is 0 Å². The van der Waals surface area contributed by atoms with E-state index in [0.717, 1.165) is 54.0 Å². The number of likely N-dealkylation sites (tertiary alicyclic amines) is 1. The average molecular weight is 606 g/mol. The molecule has 0 radical (unpaired) electrons. The first-order chi connectivity index (χ1) is 20.8. The Labute approximate surface area is 259 Å². The summed E-state index contributed by atoms with van der Waals surface area (Å²) in [5.74, 6) is 0.0992. The summed E-state index contributed by atoms with van der Waals surface area (Å²) in [5, 5.41) is 3.02. The van der Waals surface area contributed by atoms with Gasteiger partial charge in [-0.2, -0.15) is 0 Å². The first kappa shape index (κ1) is 31.8. The van der Waals surface area contributed by atoms with E-state index in [1.807, 2.05) is 53.7 Å². The molecule has 1 unspecified atom stereocenters. The van der Waals surface area contributed by atoms with Gasteiger partial charge in [-0.25, -0.2) is 4.79 Å². The van der Waals surface area contributed by atoms with Crippen LogP contribution >= 0.6 is 0 Å². The van der Waals surface area contributed by atoms with Crippen LogP contribution in [0.1, 0.15) is 96.5 Å². The number of piperidine rings is 1. The lowest BCUT2D eigenvalue weighted by Gasteiger charge is -2.34. The third kappa shape index (κ3) is 6.86. The molecule has 0 aromatic carbocycles. The van der Waals surface area contributed by atoms with E-state index >= 15 is 0 Å². The molecule has 0 aliphatic carbocycles. The van der Waals surface area contributed by atoms with Crippen LogP contribution in [0, 0.1) is 20.8 Å². The maximum Gasteiger partial charge on any atom is 0.410 e. The third-order valence-corrected chi connectivity index (χ3v) is 8.98. The Morgan fingerprint density at radius 1 is 1.07 bits per heavy atom. The quantitative estimate of drug-likeness (QED) is 0.410. The van der Waals surface area contributed by atoms with Gasteiger partial charge in [0.05, 0.1) is 13.2 Å². The highest BCUT2D eigenvalue weighted by atomic mass is 16.6. The highest BCUT2D eigenvalue weighted by molar-refractivity contribution is 5.97. The van der Waals surface area contributed by atoms with Crippen molar-refractivity contribution in [1.29, 1.82) is 0 Å². The molecule has 2 saturated heterocycles. The Hall–Kier alpha value is -3.63. The number of carbonyl (C=O) groups is 2. The summed E-state index contributed by atoms with van der Waals surface area (Å²) in [6, 6.07) is 6.13. The molecule has 238 valence electrons. The summed E-state index contributed by atoms with van der Waals surface area (Å²) < 4.78 is 13.5. The zero-order valence-corrected chi connectivity index (χ0v) is 27.2. The second-order valence-electron chi connectivity index (χ2n) is 13.3. The van der Waals surface area contributed by atoms with Crippen LogP contribution in [0.2, 0.25) is 0 Å². The molecule has 1 atom stereocenters. The third-order valence-electron chi connectivity index (χ3n) is 8.98. The summed E-state index contributed by atoms with van der Waals surface area (Å²) >= 11 is 0. The molecule has 0 spiro atoms. The molecule has 0 saturated carbocycles. The van der Waals surface area contributed by atoms with E-state index in [1.54, 1.807) is 4.90 Å². The summed E-state index contributed by atoms with van der Waals surface area (Å²) in [4.78, 5) is 46.0. The molecular formula is C34H47N5O5. The van der Waals surface area contributed by atoms with Gasteiger partial charge in [-0.3, -0.25) is 14.5 Å². The first-order valence-electron chi connectivity index (χ1n) is 15.7. The van der Waals surface area contributed by atoms with Crippen LogP contribution in [0.3, 0.4) is 0 Å². The predicted octanol–water partition coefficient (Wildman–Crippen LogP) is 4.99. The number of nitrogens with zero attached hydrogens (tertiary/aromatic N) is 3. The molecule has 10 nitrogen and oxygen atoms in total. The van der Waals surface area contributed by atoms with Gasteiger partial charge in [0.15, 0.2) is 0 Å². The van der Waals surface area contributed by atoms with Gasteiger partial charge in [-0.1, -0.05) is 0 Å². The van der Waals surface area contributed by atoms with Crippen molar-refractivity contribution in [2.75, 3.05) is 39.4 Å². The number of nitrogens with one attached hydrogen (secondary N) is 2. The van der Waals surface area contributed by atoms with Crippen LogP contribution in [0.5, 0.6) is 0 Å². The minimum Gasteiger partial charge on any atom is -0.444 e. The fraction of sp³-hybridized carbons (Fsp3) is 0.559. The Bertz CT molecular complexity index is 1590. The summed E-state index contributed by atoms with van der Waals surface area (Å²) in [6.45, 7) is 18.1. The van der Waals surface area contributed by atoms with E-state index in [9.17, 15) is 14.4 Å². The van der Waals surface area contributed by atoms with Gasteiger partial charge in [-0.15, -0.1) is 0 Å². The van der Waals surface area contributed by atoms with Gasteiger partial charge in [0, 0.05) is 73.0 Å². The van der Waals surface area contributed by atoms with E-state index < -0.39 is 5.60 Å². The number of hydrogen-bond donors (Lipinski definition) is 2. The monoisotopic (exact) mass is 605 g/mol. The number of rotatable bonds is 6. The van der Waals surface area contributed by atoms with Crippen LogP contribution in [-0.2, 0) is 16.0 Å². The first-order valence-corrected chi connectivity index (χ1v) is 15.7. The summed E-state index contributed by atoms with van der Waals surface area (Å²) in [6.07, 6.45) is 3.66. The number of morpholine rings is 1. The van der Waals surface area contributed by atoms with Crippen molar-refractivity contribution in [2.24, 2.45) is 0 Å². The number of hydrogen-bond acceptors (Lipinski definition) is 6. The molecule has 3 aromatic heterocycles. The topological polar surface area (TPSA) is 108 Å². The second-order valence-corrected chi connectivity index (χ2v) is 13.3. The highest BCUT2D eigenvalue weighted by Gasteiger charge is 2.30. The molecule has 2 N–H and O–H groups in total. The molecule has 5 rings (SSSR count). The summed E-state index contributed by atoms with van der Waals surface area (Å²) in [5.41, 5.74) is 6.31. The van der Waals surface area contributed by atoms with Gasteiger partial charge < -0.3 is 29.1 Å². The largest absolute Gasteiger partial charge is 0.444 e. The van der Waals surface area contributed by atoms with Crippen molar-refractivity contribution in [2.45, 2.75) is 85.4 Å².